The SMILES string of the molecule is N#Cc1ccc(S(F)(F)(F)(F)F)c(F)c1. The second-order valence-electron chi connectivity index (χ2n) is 2.73. The van der Waals surface area contributed by atoms with Crippen molar-refractivity contribution in [1.82, 2.24) is 0 Å². The Morgan fingerprint density at radius 1 is 1.07 bits per heavy atom. The van der Waals surface area contributed by atoms with Crippen molar-refractivity contribution in [3.63, 3.8) is 0 Å². The summed E-state index contributed by atoms with van der Waals surface area (Å²) in [6, 6.07) is 1.80. The van der Waals surface area contributed by atoms with E-state index >= 15 is 0 Å². The van der Waals surface area contributed by atoms with Gasteiger partial charge in [0.25, 0.3) is 0 Å². The lowest BCUT2D eigenvalue weighted by molar-refractivity contribution is 0.355. The van der Waals surface area contributed by atoms with Crippen molar-refractivity contribution in [1.29, 1.82) is 5.26 Å². The number of nitriles is 1. The molecule has 0 bridgehead atoms. The lowest BCUT2D eigenvalue weighted by Crippen LogP contribution is -2.08. The van der Waals surface area contributed by atoms with Crippen molar-refractivity contribution < 1.29 is 23.8 Å². The Morgan fingerprint density at radius 3 is 1.93 bits per heavy atom. The molecule has 0 aliphatic carbocycles. The summed E-state index contributed by atoms with van der Waals surface area (Å²) in [6.07, 6.45) is 0. The molecule has 0 aliphatic heterocycles. The van der Waals surface area contributed by atoms with Crippen LogP contribution in [0.3, 0.4) is 0 Å². The molecule has 1 nitrogen and oxygen atoms in total. The van der Waals surface area contributed by atoms with E-state index in [1.54, 1.807) is 0 Å². The third-order valence-corrected chi connectivity index (χ3v) is 2.64. The summed E-state index contributed by atoms with van der Waals surface area (Å²) in [7, 11) is -10.0. The second kappa shape index (κ2) is 2.41. The topological polar surface area (TPSA) is 23.8 Å². The zero-order valence-electron chi connectivity index (χ0n) is 6.86. The van der Waals surface area contributed by atoms with Crippen molar-refractivity contribution in [3.8, 4) is 6.07 Å². The van der Waals surface area contributed by atoms with Crippen LogP contribution in [0.25, 0.3) is 0 Å². The molecule has 0 saturated carbocycles. The van der Waals surface area contributed by atoms with E-state index in [-0.39, 0.29) is 12.1 Å². The number of rotatable bonds is 1. The first-order chi connectivity index (χ1) is 6.44. The van der Waals surface area contributed by atoms with Gasteiger partial charge in [0.1, 0.15) is 10.7 Å². The van der Waals surface area contributed by atoms with Crippen LogP contribution in [0, 0.1) is 17.1 Å². The van der Waals surface area contributed by atoms with Gasteiger partial charge in [0, 0.05) is 0 Å². The van der Waals surface area contributed by atoms with E-state index in [2.05, 4.69) is 0 Å². The van der Waals surface area contributed by atoms with Crippen LogP contribution in [0.5, 0.6) is 0 Å². The normalized spacial score (nSPS) is 16.3. The Labute approximate surface area is 80.7 Å². The molecule has 0 N–H and O–H groups in total. The summed E-state index contributed by atoms with van der Waals surface area (Å²) in [5.41, 5.74) is -0.460. The Hall–Kier alpha value is -1.36. The zero-order chi connectivity index (χ0) is 12.0. The maximum atomic E-state index is 12.7. The Kier molecular flexibility index (Phi) is 1.88. The minimum absolute atomic E-state index is 0.118. The van der Waals surface area contributed by atoms with Crippen molar-refractivity contribution in [2.75, 3.05) is 0 Å². The third-order valence-electron chi connectivity index (χ3n) is 1.48. The van der Waals surface area contributed by atoms with Crippen LogP contribution in [0.15, 0.2) is 23.1 Å². The van der Waals surface area contributed by atoms with Crippen LogP contribution in [0.2, 0.25) is 0 Å². The molecule has 0 atom stereocenters. The maximum Gasteiger partial charge on any atom is 0.313 e. The van der Waals surface area contributed by atoms with E-state index in [1.165, 1.54) is 6.07 Å². The second-order valence-corrected chi connectivity index (χ2v) is 5.10. The lowest BCUT2D eigenvalue weighted by atomic mass is 10.2. The van der Waals surface area contributed by atoms with E-state index in [1.807, 2.05) is 0 Å². The molecule has 1 aromatic rings. The summed E-state index contributed by atoms with van der Waals surface area (Å²) in [6.45, 7) is 0. The third kappa shape index (κ3) is 2.56. The molecular formula is C7H3F6NS. The average Bonchev–Trinajstić information content (AvgIpc) is 1.99. The van der Waals surface area contributed by atoms with Crippen molar-refractivity contribution >= 4 is 10.2 Å². The van der Waals surface area contributed by atoms with Crippen LogP contribution < -0.4 is 0 Å². The monoisotopic (exact) mass is 247 g/mol. The predicted octanol–water partition coefficient (Wildman–Crippen LogP) is 4.35. The number of hydrogen-bond acceptors (Lipinski definition) is 1. The van der Waals surface area contributed by atoms with Crippen molar-refractivity contribution in [3.05, 3.63) is 29.6 Å². The fourth-order valence-electron chi connectivity index (χ4n) is 0.883. The number of halogens is 6. The average molecular weight is 247 g/mol. The maximum absolute atomic E-state index is 12.7. The number of nitrogens with zero attached hydrogens (tertiary/aromatic N) is 1. The molecule has 0 saturated heterocycles. The first-order valence-corrected chi connectivity index (χ1v) is 5.33. The van der Waals surface area contributed by atoms with E-state index in [0.717, 1.165) is 0 Å². The smallest absolute Gasteiger partial charge is 0.205 e. The fraction of sp³-hybridized carbons (Fsp3) is 0. The molecule has 0 aliphatic rings. The molecule has 1 rings (SSSR count). The van der Waals surface area contributed by atoms with E-state index in [4.69, 9.17) is 5.26 Å². The van der Waals surface area contributed by atoms with E-state index in [9.17, 15) is 23.8 Å². The molecule has 15 heavy (non-hydrogen) atoms. The summed E-state index contributed by atoms with van der Waals surface area (Å²) in [5, 5.41) is 8.21. The molecule has 0 heterocycles. The number of hydrogen-bond donors (Lipinski definition) is 0. The van der Waals surface area contributed by atoms with E-state index < -0.39 is 26.5 Å². The molecule has 0 spiro atoms. The fourth-order valence-corrected chi connectivity index (χ4v) is 1.64. The quantitative estimate of drug-likeness (QED) is 0.676. The van der Waals surface area contributed by atoms with Gasteiger partial charge in [-0.15, -0.1) is 0 Å². The predicted molar refractivity (Wildman–Crippen MR) is 42.5 cm³/mol. The molecule has 0 aromatic heterocycles. The van der Waals surface area contributed by atoms with Gasteiger partial charge in [0.2, 0.25) is 0 Å². The van der Waals surface area contributed by atoms with Crippen LogP contribution >= 0.6 is 10.2 Å². The van der Waals surface area contributed by atoms with Crippen molar-refractivity contribution in [2.24, 2.45) is 0 Å². The van der Waals surface area contributed by atoms with Gasteiger partial charge in [-0.2, -0.15) is 5.26 Å². The van der Waals surface area contributed by atoms with Gasteiger partial charge in [-0.25, -0.2) is 4.39 Å². The molecule has 1 aromatic carbocycles. The Morgan fingerprint density at radius 2 is 1.60 bits per heavy atom. The van der Waals surface area contributed by atoms with Crippen LogP contribution in [-0.4, -0.2) is 0 Å². The molecule has 8 heteroatoms. The molecule has 84 valence electrons. The standard InChI is InChI=1S/C7H3F6NS/c8-6-3-5(4-14)1-2-7(6)15(9,10,11,12)13/h1-3H. The highest BCUT2D eigenvalue weighted by molar-refractivity contribution is 8.45. The van der Waals surface area contributed by atoms with Gasteiger partial charge in [0.15, 0.2) is 0 Å². The van der Waals surface area contributed by atoms with Gasteiger partial charge < -0.3 is 0 Å². The minimum atomic E-state index is -10.0. The molecule has 0 fully saturated rings. The molecule has 0 radical (unpaired) electrons. The van der Waals surface area contributed by atoms with Crippen LogP contribution in [-0.2, 0) is 0 Å². The first-order valence-electron chi connectivity index (χ1n) is 3.38. The van der Waals surface area contributed by atoms with Gasteiger partial charge in [-0.1, -0.05) is 19.4 Å². The zero-order valence-corrected chi connectivity index (χ0v) is 7.67. The molecule has 0 amide bonds. The van der Waals surface area contributed by atoms with Gasteiger partial charge in [-0.3, -0.25) is 0 Å². The number of benzene rings is 1. The minimum Gasteiger partial charge on any atom is -0.205 e. The summed E-state index contributed by atoms with van der Waals surface area (Å²) in [5.74, 6) is -2.15. The van der Waals surface area contributed by atoms with Gasteiger partial charge >= 0.3 is 10.2 Å². The Bertz CT molecular complexity index is 456. The molecular weight excluding hydrogens is 244 g/mol. The highest BCUT2D eigenvalue weighted by atomic mass is 32.5. The van der Waals surface area contributed by atoms with Crippen LogP contribution in [0.1, 0.15) is 5.56 Å². The summed E-state index contributed by atoms with van der Waals surface area (Å²) in [4.78, 5) is -2.60. The lowest BCUT2D eigenvalue weighted by Gasteiger charge is -2.40. The van der Waals surface area contributed by atoms with Gasteiger partial charge in [-0.05, 0) is 18.2 Å². The first kappa shape index (κ1) is 11.7. The highest BCUT2D eigenvalue weighted by Crippen LogP contribution is 3.02. The largest absolute Gasteiger partial charge is 0.313 e. The van der Waals surface area contributed by atoms with Crippen LogP contribution in [0.4, 0.5) is 23.8 Å². The van der Waals surface area contributed by atoms with Crippen molar-refractivity contribution in [2.45, 2.75) is 4.90 Å². The summed E-state index contributed by atoms with van der Waals surface area (Å²) >= 11 is 0. The van der Waals surface area contributed by atoms with E-state index in [0.29, 0.717) is 6.07 Å². The highest BCUT2D eigenvalue weighted by Gasteiger charge is 2.67. The summed E-state index contributed by atoms with van der Waals surface area (Å²) < 4.78 is 73.3. The molecule has 0 unspecified atom stereocenters. The van der Waals surface area contributed by atoms with Gasteiger partial charge in [0.05, 0.1) is 11.6 Å². The Balaban J connectivity index is 3.52.